The summed E-state index contributed by atoms with van der Waals surface area (Å²) in [6.45, 7) is 6.23. The van der Waals surface area contributed by atoms with Crippen LogP contribution >= 0.6 is 23.1 Å². The lowest BCUT2D eigenvalue weighted by Gasteiger charge is -2.13. The van der Waals surface area contributed by atoms with Crippen molar-refractivity contribution in [2.75, 3.05) is 29.6 Å². The molecule has 11 heteroatoms. The van der Waals surface area contributed by atoms with E-state index in [4.69, 9.17) is 9.47 Å². The van der Waals surface area contributed by atoms with E-state index in [2.05, 4.69) is 16.0 Å². The average molecular weight is 720 g/mol. The largest absolute Gasteiger partial charge is 0.493 e. The molecule has 1 aromatic heterocycles. The van der Waals surface area contributed by atoms with Gasteiger partial charge in [-0.05, 0) is 68.8 Å². The second-order valence-corrected chi connectivity index (χ2v) is 13.0. The fourth-order valence-corrected chi connectivity index (χ4v) is 6.69. The van der Waals surface area contributed by atoms with Crippen molar-refractivity contribution in [2.24, 2.45) is 0 Å². The number of nitrogens with one attached hydrogen (secondary N) is 3. The zero-order valence-electron chi connectivity index (χ0n) is 28.4. The maximum Gasteiger partial charge on any atom is 0.341 e. The van der Waals surface area contributed by atoms with Crippen LogP contribution in [0.5, 0.6) is 5.75 Å². The summed E-state index contributed by atoms with van der Waals surface area (Å²) in [5, 5.41) is 10.8. The third kappa shape index (κ3) is 9.96. The minimum absolute atomic E-state index is 0.0202. The number of hydrogen-bond donors (Lipinski definition) is 3. The maximum atomic E-state index is 13.6. The molecule has 5 aromatic rings. The standard InChI is InChI=1S/C40H37N3O6S2/c1-4-48-34-17-10-9-14-29(34)22-33(42-37(45)28-12-7-6-8-13-28)38(46)41-30-15-11-16-31(23-30)50-25-35(44)43-39-36(40(47)49-5-2)32(24-51-39)27-20-18-26(3)19-21-27/h6-24H,4-5,25H2,1-3H3,(H,41,46)(H,42,45)(H,43,44)/b33-22+. The minimum Gasteiger partial charge on any atom is -0.493 e. The number of anilines is 2. The third-order valence-electron chi connectivity index (χ3n) is 7.40. The molecule has 0 saturated carbocycles. The summed E-state index contributed by atoms with van der Waals surface area (Å²) in [5.74, 6) is -1.18. The van der Waals surface area contributed by atoms with Crippen LogP contribution < -0.4 is 20.7 Å². The SMILES string of the molecule is CCOC(=O)c1c(-c2ccc(C)cc2)csc1NC(=O)CSc1cccc(NC(=O)/C(=C\c2ccccc2OCC)NC(=O)c2ccccc2)c1. The van der Waals surface area contributed by atoms with Crippen LogP contribution in [0.2, 0.25) is 0 Å². The number of carbonyl (C=O) groups excluding carboxylic acids is 4. The molecule has 4 aromatic carbocycles. The van der Waals surface area contributed by atoms with Gasteiger partial charge in [0.15, 0.2) is 0 Å². The summed E-state index contributed by atoms with van der Waals surface area (Å²) in [6.07, 6.45) is 1.57. The van der Waals surface area contributed by atoms with Gasteiger partial charge in [-0.25, -0.2) is 4.79 Å². The molecule has 0 saturated heterocycles. The van der Waals surface area contributed by atoms with Crippen molar-refractivity contribution in [1.29, 1.82) is 0 Å². The van der Waals surface area contributed by atoms with E-state index in [9.17, 15) is 19.2 Å². The van der Waals surface area contributed by atoms with Crippen LogP contribution in [0.3, 0.4) is 0 Å². The van der Waals surface area contributed by atoms with Crippen molar-refractivity contribution < 1.29 is 28.7 Å². The molecule has 5 rings (SSSR count). The van der Waals surface area contributed by atoms with E-state index in [1.807, 2.05) is 61.7 Å². The van der Waals surface area contributed by atoms with Gasteiger partial charge in [0.2, 0.25) is 5.91 Å². The van der Waals surface area contributed by atoms with E-state index in [1.54, 1.807) is 73.7 Å². The first kappa shape index (κ1) is 36.6. The predicted molar refractivity (Wildman–Crippen MR) is 204 cm³/mol. The van der Waals surface area contributed by atoms with Gasteiger partial charge in [-0.1, -0.05) is 72.3 Å². The molecule has 3 amide bonds. The number of para-hydroxylation sites is 1. The molecule has 0 spiro atoms. The van der Waals surface area contributed by atoms with Crippen LogP contribution in [0.1, 0.15) is 45.7 Å². The van der Waals surface area contributed by atoms with E-state index in [0.717, 1.165) is 16.0 Å². The molecule has 9 nitrogen and oxygen atoms in total. The lowest BCUT2D eigenvalue weighted by atomic mass is 10.0. The van der Waals surface area contributed by atoms with Gasteiger partial charge in [-0.15, -0.1) is 23.1 Å². The van der Waals surface area contributed by atoms with E-state index in [0.29, 0.717) is 45.3 Å². The van der Waals surface area contributed by atoms with Crippen molar-refractivity contribution >= 4 is 63.6 Å². The Balaban J connectivity index is 1.29. The van der Waals surface area contributed by atoms with Crippen LogP contribution in [-0.4, -0.2) is 42.7 Å². The quantitative estimate of drug-likeness (QED) is 0.0598. The molecular weight excluding hydrogens is 683 g/mol. The van der Waals surface area contributed by atoms with Crippen LogP contribution in [-0.2, 0) is 14.3 Å². The molecule has 0 aliphatic carbocycles. The third-order valence-corrected chi connectivity index (χ3v) is 9.28. The van der Waals surface area contributed by atoms with E-state index < -0.39 is 17.8 Å². The van der Waals surface area contributed by atoms with Gasteiger partial charge in [0, 0.05) is 32.7 Å². The Labute approximate surface area is 305 Å². The lowest BCUT2D eigenvalue weighted by molar-refractivity contribution is -0.114. The van der Waals surface area contributed by atoms with Gasteiger partial charge >= 0.3 is 5.97 Å². The summed E-state index contributed by atoms with van der Waals surface area (Å²) in [4.78, 5) is 53.5. The zero-order valence-corrected chi connectivity index (χ0v) is 30.0. The molecule has 0 atom stereocenters. The summed E-state index contributed by atoms with van der Waals surface area (Å²) < 4.78 is 11.1. The molecule has 0 aliphatic heterocycles. The molecule has 0 aliphatic rings. The molecule has 3 N–H and O–H groups in total. The fourth-order valence-electron chi connectivity index (χ4n) is 4.96. The molecule has 0 bridgehead atoms. The van der Waals surface area contributed by atoms with Crippen molar-refractivity contribution in [3.05, 3.63) is 136 Å². The first-order valence-corrected chi connectivity index (χ1v) is 18.1. The number of hydrogen-bond acceptors (Lipinski definition) is 8. The van der Waals surface area contributed by atoms with Gasteiger partial charge < -0.3 is 25.4 Å². The topological polar surface area (TPSA) is 123 Å². The highest BCUT2D eigenvalue weighted by atomic mass is 32.2. The van der Waals surface area contributed by atoms with Crippen LogP contribution in [0.4, 0.5) is 10.7 Å². The highest BCUT2D eigenvalue weighted by Gasteiger charge is 2.23. The second-order valence-electron chi connectivity index (χ2n) is 11.1. The monoisotopic (exact) mass is 719 g/mol. The minimum atomic E-state index is -0.543. The average Bonchev–Trinajstić information content (AvgIpc) is 3.55. The Morgan fingerprint density at radius 2 is 1.57 bits per heavy atom. The number of carbonyl (C=O) groups is 4. The first-order valence-electron chi connectivity index (χ1n) is 16.2. The molecule has 0 fully saturated rings. The number of ether oxygens (including phenoxy) is 2. The number of amides is 3. The summed E-state index contributed by atoms with van der Waals surface area (Å²) in [7, 11) is 0. The zero-order chi connectivity index (χ0) is 36.2. The van der Waals surface area contributed by atoms with Crippen molar-refractivity contribution in [3.8, 4) is 16.9 Å². The number of thioether (sulfide) groups is 1. The second kappa shape index (κ2) is 17.8. The molecule has 1 heterocycles. The maximum absolute atomic E-state index is 13.6. The predicted octanol–water partition coefficient (Wildman–Crippen LogP) is 8.44. The van der Waals surface area contributed by atoms with Gasteiger partial charge in [0.05, 0.1) is 19.0 Å². The summed E-state index contributed by atoms with van der Waals surface area (Å²) in [5.41, 5.74) is 4.46. The van der Waals surface area contributed by atoms with Gasteiger partial charge in [-0.2, -0.15) is 0 Å². The first-order chi connectivity index (χ1) is 24.7. The number of rotatable bonds is 14. The van der Waals surface area contributed by atoms with E-state index >= 15 is 0 Å². The lowest BCUT2D eigenvalue weighted by Crippen LogP contribution is -2.30. The van der Waals surface area contributed by atoms with Crippen LogP contribution in [0.25, 0.3) is 17.2 Å². The van der Waals surface area contributed by atoms with Crippen LogP contribution in [0, 0.1) is 6.92 Å². The molecular formula is C40H37N3O6S2. The highest BCUT2D eigenvalue weighted by molar-refractivity contribution is 8.00. The van der Waals surface area contributed by atoms with Gasteiger partial charge in [-0.3, -0.25) is 14.4 Å². The fraction of sp³-hybridized carbons (Fsp3) is 0.150. The van der Waals surface area contributed by atoms with Gasteiger partial charge in [0.25, 0.3) is 11.8 Å². The highest BCUT2D eigenvalue weighted by Crippen LogP contribution is 2.36. The molecule has 0 unspecified atom stereocenters. The Bertz CT molecular complexity index is 2040. The number of esters is 1. The van der Waals surface area contributed by atoms with Crippen LogP contribution in [0.15, 0.2) is 119 Å². The smallest absolute Gasteiger partial charge is 0.341 e. The van der Waals surface area contributed by atoms with Crippen molar-refractivity contribution in [1.82, 2.24) is 5.32 Å². The number of benzene rings is 4. The Morgan fingerprint density at radius 1 is 0.824 bits per heavy atom. The molecule has 0 radical (unpaired) electrons. The molecule has 51 heavy (non-hydrogen) atoms. The van der Waals surface area contributed by atoms with Gasteiger partial charge in [0.1, 0.15) is 22.0 Å². The molecule has 260 valence electrons. The Kier molecular flexibility index (Phi) is 12.8. The summed E-state index contributed by atoms with van der Waals surface area (Å²) in [6, 6.07) is 30.7. The Hall–Kier alpha value is -5.65. The normalized spacial score (nSPS) is 11.0. The number of thiophene rings is 1. The summed E-state index contributed by atoms with van der Waals surface area (Å²) >= 11 is 2.53. The number of aryl methyl sites for hydroxylation is 1. The Morgan fingerprint density at radius 3 is 2.31 bits per heavy atom. The van der Waals surface area contributed by atoms with E-state index in [-0.39, 0.29) is 24.0 Å². The van der Waals surface area contributed by atoms with E-state index in [1.165, 1.54) is 23.1 Å². The van der Waals surface area contributed by atoms with Crippen molar-refractivity contribution in [2.45, 2.75) is 25.7 Å². The van der Waals surface area contributed by atoms with Crippen molar-refractivity contribution in [3.63, 3.8) is 0 Å².